The van der Waals surface area contributed by atoms with Gasteiger partial charge in [-0.25, -0.2) is 4.68 Å². The highest BCUT2D eigenvalue weighted by Gasteiger charge is 1.87. The van der Waals surface area contributed by atoms with Gasteiger partial charge >= 0.3 is 0 Å². The van der Waals surface area contributed by atoms with Crippen LogP contribution in [0.4, 0.5) is 0 Å². The summed E-state index contributed by atoms with van der Waals surface area (Å²) in [6, 6.07) is 0. The van der Waals surface area contributed by atoms with Crippen molar-refractivity contribution >= 4 is 0 Å². The number of nitrogens with zero attached hydrogens (tertiary/aromatic N) is 4. The highest BCUT2D eigenvalue weighted by atomic mass is 15.5. The fraction of sp³-hybridized carbons (Fsp3) is 0.750. The molecule has 8 heavy (non-hydrogen) atoms. The van der Waals surface area contributed by atoms with Crippen molar-refractivity contribution in [2.45, 2.75) is 14.4 Å². The maximum absolute atomic E-state index is 3.62. The molecule has 0 amide bonds. The van der Waals surface area contributed by atoms with Crippen LogP contribution < -0.4 is 0 Å². The van der Waals surface area contributed by atoms with Gasteiger partial charge in [0.1, 0.15) is 5.82 Å². The van der Waals surface area contributed by atoms with Crippen LogP contribution in [-0.2, 0) is 7.05 Å². The molecule has 0 fully saturated rings. The van der Waals surface area contributed by atoms with E-state index in [2.05, 4.69) is 15.5 Å². The lowest BCUT2D eigenvalue weighted by Crippen LogP contribution is -1.92. The fourth-order valence-corrected chi connectivity index (χ4v) is 0.274. The Labute approximate surface area is 48.5 Å². The van der Waals surface area contributed by atoms with E-state index in [0.717, 1.165) is 5.82 Å². The first kappa shape index (κ1) is 7.07. The molecule has 0 saturated carbocycles. The van der Waals surface area contributed by atoms with E-state index >= 15 is 0 Å². The van der Waals surface area contributed by atoms with Crippen molar-refractivity contribution in [3.63, 3.8) is 0 Å². The minimum absolute atomic E-state index is 0. The number of aryl methyl sites for hydroxylation is 2. The first-order valence-corrected chi connectivity index (χ1v) is 1.99. The molecule has 0 N–H and O–H groups in total. The quantitative estimate of drug-likeness (QED) is 0.482. The van der Waals surface area contributed by atoms with Gasteiger partial charge in [-0.15, -0.1) is 5.10 Å². The monoisotopic (exact) mass is 114 g/mol. The standard InChI is InChI=1S/C3H6N4.CH4/c1-3-4-5-6-7(3)2;/h1-2H3;1H4. The molecule has 0 unspecified atom stereocenters. The van der Waals surface area contributed by atoms with E-state index < -0.39 is 0 Å². The molecule has 4 nitrogen and oxygen atoms in total. The van der Waals surface area contributed by atoms with Crippen molar-refractivity contribution in [2.75, 3.05) is 0 Å². The number of hydrogen-bond acceptors (Lipinski definition) is 3. The molecule has 4 heteroatoms. The molecule has 0 radical (unpaired) electrons. The molecule has 0 spiro atoms. The second-order valence-electron chi connectivity index (χ2n) is 1.35. The Morgan fingerprint density at radius 2 is 2.12 bits per heavy atom. The maximum atomic E-state index is 3.62. The maximum Gasteiger partial charge on any atom is 0.147 e. The van der Waals surface area contributed by atoms with E-state index in [-0.39, 0.29) is 7.43 Å². The Bertz CT molecular complexity index is 140. The highest BCUT2D eigenvalue weighted by Crippen LogP contribution is 1.78. The zero-order valence-corrected chi connectivity index (χ0v) is 4.29. The summed E-state index contributed by atoms with van der Waals surface area (Å²) in [5.41, 5.74) is 0. The van der Waals surface area contributed by atoms with Crippen molar-refractivity contribution in [1.82, 2.24) is 20.2 Å². The van der Waals surface area contributed by atoms with Gasteiger partial charge in [0.25, 0.3) is 0 Å². The molecule has 1 heterocycles. The Balaban J connectivity index is 0.000000490. The molecule has 0 bridgehead atoms. The van der Waals surface area contributed by atoms with E-state index in [1.807, 2.05) is 6.92 Å². The van der Waals surface area contributed by atoms with Crippen LogP contribution in [-0.4, -0.2) is 20.2 Å². The first-order valence-electron chi connectivity index (χ1n) is 1.99. The van der Waals surface area contributed by atoms with Gasteiger partial charge in [-0.05, 0) is 17.4 Å². The number of rotatable bonds is 0. The summed E-state index contributed by atoms with van der Waals surface area (Å²) < 4.78 is 1.61. The van der Waals surface area contributed by atoms with Gasteiger partial charge < -0.3 is 0 Å². The zero-order chi connectivity index (χ0) is 5.28. The third kappa shape index (κ3) is 1.02. The van der Waals surface area contributed by atoms with Gasteiger partial charge in [-0.2, -0.15) is 0 Å². The molecule has 46 valence electrons. The number of tetrazole rings is 1. The van der Waals surface area contributed by atoms with Crippen LogP contribution in [0.5, 0.6) is 0 Å². The molecule has 1 aromatic heterocycles. The number of hydrogen-bond donors (Lipinski definition) is 0. The summed E-state index contributed by atoms with van der Waals surface area (Å²) in [5, 5.41) is 10.6. The van der Waals surface area contributed by atoms with Crippen LogP contribution in [0, 0.1) is 6.92 Å². The molecule has 0 aliphatic heterocycles. The SMILES string of the molecule is C.Cc1nnnn1C. The predicted molar refractivity (Wildman–Crippen MR) is 30.3 cm³/mol. The molecule has 0 atom stereocenters. The van der Waals surface area contributed by atoms with E-state index in [0.29, 0.717) is 0 Å². The van der Waals surface area contributed by atoms with Crippen molar-refractivity contribution in [3.8, 4) is 0 Å². The summed E-state index contributed by atoms with van der Waals surface area (Å²) in [6.07, 6.45) is 0. The van der Waals surface area contributed by atoms with Crippen LogP contribution in [0.15, 0.2) is 0 Å². The molecule has 0 aromatic carbocycles. The lowest BCUT2D eigenvalue weighted by Gasteiger charge is -1.81. The van der Waals surface area contributed by atoms with Gasteiger partial charge in [-0.3, -0.25) is 0 Å². The second kappa shape index (κ2) is 2.40. The van der Waals surface area contributed by atoms with Crippen LogP contribution in [0.2, 0.25) is 0 Å². The van der Waals surface area contributed by atoms with E-state index in [9.17, 15) is 0 Å². The molecule has 0 saturated heterocycles. The first-order chi connectivity index (χ1) is 3.30. The van der Waals surface area contributed by atoms with Crippen molar-refractivity contribution in [1.29, 1.82) is 0 Å². The minimum atomic E-state index is 0. The molecule has 0 aliphatic carbocycles. The lowest BCUT2D eigenvalue weighted by atomic mass is 10.7. The van der Waals surface area contributed by atoms with Crippen molar-refractivity contribution < 1.29 is 0 Å². The average molecular weight is 114 g/mol. The smallest absolute Gasteiger partial charge is 0.147 e. The van der Waals surface area contributed by atoms with Gasteiger partial charge in [-0.1, -0.05) is 7.43 Å². The number of aromatic nitrogens is 4. The summed E-state index contributed by atoms with van der Waals surface area (Å²) in [4.78, 5) is 0. The summed E-state index contributed by atoms with van der Waals surface area (Å²) in [7, 11) is 1.80. The van der Waals surface area contributed by atoms with Crippen molar-refractivity contribution in [2.24, 2.45) is 7.05 Å². The second-order valence-corrected chi connectivity index (χ2v) is 1.35. The molecular formula is C4H10N4. The zero-order valence-electron chi connectivity index (χ0n) is 4.29. The highest BCUT2D eigenvalue weighted by molar-refractivity contribution is 4.69. The predicted octanol–water partition coefficient (Wildman–Crippen LogP) is 0.155. The van der Waals surface area contributed by atoms with Crippen LogP contribution in [0.3, 0.4) is 0 Å². The Kier molecular flexibility index (Phi) is 2.12. The minimum Gasteiger partial charge on any atom is -0.233 e. The molecular weight excluding hydrogens is 104 g/mol. The summed E-state index contributed by atoms with van der Waals surface area (Å²) >= 11 is 0. The van der Waals surface area contributed by atoms with Gasteiger partial charge in [0, 0.05) is 7.05 Å². The average Bonchev–Trinajstić information content (AvgIpc) is 1.91. The van der Waals surface area contributed by atoms with Gasteiger partial charge in [0.05, 0.1) is 0 Å². The summed E-state index contributed by atoms with van der Waals surface area (Å²) in [6.45, 7) is 1.85. The third-order valence-electron chi connectivity index (χ3n) is 0.832. The fourth-order valence-electron chi connectivity index (χ4n) is 0.274. The van der Waals surface area contributed by atoms with E-state index in [1.54, 1.807) is 11.7 Å². The molecule has 1 rings (SSSR count). The molecule has 0 aliphatic rings. The Morgan fingerprint density at radius 1 is 1.50 bits per heavy atom. The normalized spacial score (nSPS) is 8.25. The Hall–Kier alpha value is -0.930. The van der Waals surface area contributed by atoms with Gasteiger partial charge in [0.15, 0.2) is 0 Å². The molecule has 1 aromatic rings. The Morgan fingerprint density at radius 3 is 2.25 bits per heavy atom. The topological polar surface area (TPSA) is 43.6 Å². The third-order valence-corrected chi connectivity index (χ3v) is 0.832. The lowest BCUT2D eigenvalue weighted by molar-refractivity contribution is 0.695. The van der Waals surface area contributed by atoms with Crippen LogP contribution in [0.25, 0.3) is 0 Å². The summed E-state index contributed by atoms with van der Waals surface area (Å²) in [5.74, 6) is 0.833. The van der Waals surface area contributed by atoms with Crippen molar-refractivity contribution in [3.05, 3.63) is 5.82 Å². The van der Waals surface area contributed by atoms with Crippen LogP contribution >= 0.6 is 0 Å². The largest absolute Gasteiger partial charge is 0.233 e. The van der Waals surface area contributed by atoms with Crippen LogP contribution in [0.1, 0.15) is 13.3 Å². The van der Waals surface area contributed by atoms with Gasteiger partial charge in [0.2, 0.25) is 0 Å². The van der Waals surface area contributed by atoms with E-state index in [1.165, 1.54) is 0 Å². The van der Waals surface area contributed by atoms with E-state index in [4.69, 9.17) is 0 Å².